The third-order valence-corrected chi connectivity index (χ3v) is 36.3. The second-order valence-corrected chi connectivity index (χ2v) is 38.2. The van der Waals surface area contributed by atoms with Crippen LogP contribution in [0.15, 0.2) is 155 Å². The normalized spacial score (nSPS) is 13.7. The van der Waals surface area contributed by atoms with Crippen LogP contribution in [0, 0.1) is 5.92 Å². The van der Waals surface area contributed by atoms with Crippen molar-refractivity contribution in [2.24, 2.45) is 5.92 Å². The van der Waals surface area contributed by atoms with Gasteiger partial charge in [0.2, 0.25) is 0 Å². The van der Waals surface area contributed by atoms with E-state index in [4.69, 9.17) is 9.16 Å². The molecular formula is C54H72NO4PSiSn. The molecule has 62 heavy (non-hydrogen) atoms. The van der Waals surface area contributed by atoms with Crippen molar-refractivity contribution in [2.45, 2.75) is 111 Å². The number of carbonyl (C=O) groups is 1. The number of carbonyl (C=O) groups excluding carboxylic acids is 1. The van der Waals surface area contributed by atoms with E-state index in [1.54, 1.807) is 0 Å². The summed E-state index contributed by atoms with van der Waals surface area (Å²) >= 11 is -3.44. The summed E-state index contributed by atoms with van der Waals surface area (Å²) in [5, 5.41) is 7.97. The van der Waals surface area contributed by atoms with Crippen LogP contribution in [0.5, 0.6) is 0 Å². The van der Waals surface area contributed by atoms with E-state index in [0.717, 1.165) is 35.4 Å². The van der Waals surface area contributed by atoms with Gasteiger partial charge in [-0.15, -0.1) is 0 Å². The van der Waals surface area contributed by atoms with Crippen molar-refractivity contribution < 1.29 is 18.5 Å². The van der Waals surface area contributed by atoms with Crippen LogP contribution in [0.3, 0.4) is 0 Å². The van der Waals surface area contributed by atoms with E-state index >= 15 is 4.57 Å². The van der Waals surface area contributed by atoms with E-state index in [9.17, 15) is 4.79 Å². The van der Waals surface area contributed by atoms with Crippen LogP contribution in [0.25, 0.3) is 0 Å². The third kappa shape index (κ3) is 11.8. The molecule has 5 aromatic carbocycles. The quantitative estimate of drug-likeness (QED) is 0.0401. The summed E-state index contributed by atoms with van der Waals surface area (Å²) < 4.78 is 34.2. The van der Waals surface area contributed by atoms with Gasteiger partial charge >= 0.3 is 382 Å². The standard InChI is InChI=1S/C42H45NO4PSi.3C4H9.Sn/c1-33(32-47-49(42(2,3)4,38-22-14-8-15-23-38)39-24-16-9-17-25-39)26-31-40(34-27-29-35(30-28-34)41(44)46-5)43-48(45,36-18-10-6-11-19-36)37-20-12-7-13-21-37;3*1-3-4-2;/h6-30,33,40H,32H2,1-5H3,(H,43,45);3*1,3-4H2,2H3;/t33-,40?;;;;/m1..../s1. The van der Waals surface area contributed by atoms with E-state index in [-0.39, 0.29) is 23.0 Å². The van der Waals surface area contributed by atoms with Gasteiger partial charge in [-0.1, -0.05) is 0 Å². The van der Waals surface area contributed by atoms with Crippen LogP contribution in [0.2, 0.25) is 18.3 Å². The first-order valence-electron chi connectivity index (χ1n) is 23.0. The van der Waals surface area contributed by atoms with Crippen LogP contribution in [-0.4, -0.2) is 46.4 Å². The summed E-state index contributed by atoms with van der Waals surface area (Å²) in [4.78, 5) is 12.8. The Morgan fingerprint density at radius 2 is 1.10 bits per heavy atom. The first kappa shape index (κ1) is 49.5. The first-order valence-corrected chi connectivity index (χ1v) is 34.1. The molecule has 0 aliphatic heterocycles. The number of benzene rings is 5. The number of hydrogen-bond donors (Lipinski definition) is 1. The van der Waals surface area contributed by atoms with Gasteiger partial charge in [0.25, 0.3) is 0 Å². The second kappa shape index (κ2) is 23.4. The first-order chi connectivity index (χ1) is 29.9. The Kier molecular flexibility index (Phi) is 18.7. The molecule has 0 aliphatic carbocycles. The van der Waals surface area contributed by atoms with Gasteiger partial charge < -0.3 is 0 Å². The summed E-state index contributed by atoms with van der Waals surface area (Å²) in [5.41, 5.74) is 1.52. The molecule has 0 radical (unpaired) electrons. The monoisotopic (exact) mass is 977 g/mol. The van der Waals surface area contributed by atoms with E-state index in [1.807, 2.05) is 72.8 Å². The zero-order valence-corrected chi connectivity index (χ0v) is 43.5. The van der Waals surface area contributed by atoms with Crippen molar-refractivity contribution in [3.8, 4) is 0 Å². The molecule has 8 heteroatoms. The molecule has 0 heterocycles. The van der Waals surface area contributed by atoms with Gasteiger partial charge in [-0.3, -0.25) is 0 Å². The number of esters is 1. The van der Waals surface area contributed by atoms with E-state index in [0.29, 0.717) is 12.2 Å². The predicted octanol–water partition coefficient (Wildman–Crippen LogP) is 12.6. The molecule has 0 bridgehead atoms. The average Bonchev–Trinajstić information content (AvgIpc) is 3.31. The Morgan fingerprint density at radius 3 is 1.48 bits per heavy atom. The van der Waals surface area contributed by atoms with Crippen LogP contribution in [-0.2, 0) is 13.7 Å². The van der Waals surface area contributed by atoms with Crippen LogP contribution < -0.4 is 26.1 Å². The van der Waals surface area contributed by atoms with Gasteiger partial charge in [0.15, 0.2) is 0 Å². The predicted molar refractivity (Wildman–Crippen MR) is 269 cm³/mol. The molecule has 0 aromatic heterocycles. The molecule has 5 aromatic rings. The van der Waals surface area contributed by atoms with Crippen molar-refractivity contribution >= 4 is 60.9 Å². The number of unbranched alkanes of at least 4 members (excludes halogenated alkanes) is 3. The summed E-state index contributed by atoms with van der Waals surface area (Å²) in [6.45, 7) is 16.9. The van der Waals surface area contributed by atoms with E-state index in [2.05, 4.69) is 132 Å². The van der Waals surface area contributed by atoms with Gasteiger partial charge in [0.05, 0.1) is 0 Å². The SMILES string of the molecule is CCC[CH2][Sn]([CH2]CCC)([CH2]CCC)/[C](=C\[C@@H](C)CO[Si](c1ccccc1)(c1ccccc1)C(C)(C)C)C(NP(=O)(c1ccccc1)c1ccccc1)c1ccc(C(=O)OC)cc1. The van der Waals surface area contributed by atoms with Crippen LogP contribution >= 0.6 is 7.29 Å². The Bertz CT molecular complexity index is 2070. The fourth-order valence-corrected chi connectivity index (χ4v) is 34.4. The minimum absolute atomic E-state index is 0.0547. The van der Waals surface area contributed by atoms with Gasteiger partial charge in [-0.05, 0) is 0 Å². The molecule has 1 N–H and O–H groups in total. The number of rotatable bonds is 23. The number of ether oxygens (including phenoxy) is 1. The molecule has 330 valence electrons. The number of hydrogen-bond acceptors (Lipinski definition) is 4. The van der Waals surface area contributed by atoms with Crippen molar-refractivity contribution in [1.29, 1.82) is 0 Å². The van der Waals surface area contributed by atoms with Gasteiger partial charge in [0, 0.05) is 0 Å². The van der Waals surface area contributed by atoms with E-state index < -0.39 is 34.0 Å². The molecule has 0 aliphatic rings. The third-order valence-electron chi connectivity index (χ3n) is 12.6. The average molecular weight is 977 g/mol. The molecule has 0 spiro atoms. The van der Waals surface area contributed by atoms with Crippen molar-refractivity contribution in [2.75, 3.05) is 13.7 Å². The summed E-state index contributed by atoms with van der Waals surface area (Å²) in [5.74, 6) is -0.313. The Balaban J connectivity index is 1.79. The fourth-order valence-electron chi connectivity index (χ4n) is 9.31. The minimum atomic E-state index is -3.44. The topological polar surface area (TPSA) is 64.6 Å². The molecule has 0 saturated carbocycles. The Hall–Kier alpha value is -3.52. The maximum absolute atomic E-state index is 16.3. The summed E-state index contributed by atoms with van der Waals surface area (Å²) in [6, 6.07) is 49.3. The molecule has 0 amide bonds. The maximum atomic E-state index is 16.3. The van der Waals surface area contributed by atoms with Gasteiger partial charge in [-0.25, -0.2) is 0 Å². The zero-order chi connectivity index (χ0) is 44.6. The molecule has 2 atom stereocenters. The van der Waals surface area contributed by atoms with Crippen LogP contribution in [0.1, 0.15) is 109 Å². The summed E-state index contributed by atoms with van der Waals surface area (Å²) in [7, 11) is -4.85. The molecule has 0 fully saturated rings. The number of nitrogens with one attached hydrogen (secondary N) is 1. The molecule has 5 rings (SSSR count). The van der Waals surface area contributed by atoms with Crippen LogP contribution in [0.4, 0.5) is 0 Å². The molecule has 5 nitrogen and oxygen atoms in total. The molecule has 1 unspecified atom stereocenters. The van der Waals surface area contributed by atoms with Crippen molar-refractivity contribution in [3.63, 3.8) is 0 Å². The van der Waals surface area contributed by atoms with Crippen molar-refractivity contribution in [3.05, 3.63) is 166 Å². The fraction of sp³-hybridized carbons (Fsp3) is 0.389. The van der Waals surface area contributed by atoms with Crippen molar-refractivity contribution in [1.82, 2.24) is 5.09 Å². The zero-order valence-electron chi connectivity index (χ0n) is 38.7. The Labute approximate surface area is 379 Å². The van der Waals surface area contributed by atoms with E-state index in [1.165, 1.54) is 53.6 Å². The summed E-state index contributed by atoms with van der Waals surface area (Å²) in [6.07, 6.45) is 9.53. The molecule has 0 saturated heterocycles. The Morgan fingerprint density at radius 1 is 0.677 bits per heavy atom. The second-order valence-electron chi connectivity index (χ2n) is 18.1. The number of methoxy groups -OCH3 is 1. The van der Waals surface area contributed by atoms with Gasteiger partial charge in [0.1, 0.15) is 0 Å². The molecular weight excluding hydrogens is 904 g/mol. The van der Waals surface area contributed by atoms with Gasteiger partial charge in [-0.2, -0.15) is 0 Å².